The summed E-state index contributed by atoms with van der Waals surface area (Å²) in [6, 6.07) is 5.09. The molecule has 2 saturated carbocycles. The Balaban J connectivity index is 1.44. The van der Waals surface area contributed by atoms with Crippen molar-refractivity contribution in [2.24, 2.45) is 17.8 Å². The average molecular weight is 462 g/mol. The number of likely N-dealkylation sites (N-methyl/N-ethyl adjacent to an activating group) is 1. The Kier molecular flexibility index (Phi) is 6.38. The molecule has 4 atom stereocenters. The van der Waals surface area contributed by atoms with Gasteiger partial charge in [0, 0.05) is 30.7 Å². The van der Waals surface area contributed by atoms with Gasteiger partial charge in [-0.2, -0.15) is 4.31 Å². The van der Waals surface area contributed by atoms with Gasteiger partial charge >= 0.3 is 0 Å². The molecule has 2 fully saturated rings. The first kappa shape index (κ1) is 23.2. The van der Waals surface area contributed by atoms with Crippen LogP contribution in [0.4, 0.5) is 5.69 Å². The number of amides is 2. The van der Waals surface area contributed by atoms with E-state index in [0.29, 0.717) is 18.3 Å². The molecule has 7 nitrogen and oxygen atoms in total. The van der Waals surface area contributed by atoms with E-state index in [0.717, 1.165) is 41.2 Å². The number of anilines is 1. The first-order valence-corrected chi connectivity index (χ1v) is 13.2. The summed E-state index contributed by atoms with van der Waals surface area (Å²) in [6.07, 6.45) is 5.71. The lowest BCUT2D eigenvalue weighted by Crippen LogP contribution is -2.47. The molecule has 1 aliphatic heterocycles. The van der Waals surface area contributed by atoms with Gasteiger partial charge in [-0.3, -0.25) is 9.59 Å². The van der Waals surface area contributed by atoms with Gasteiger partial charge in [-0.25, -0.2) is 8.42 Å². The Bertz CT molecular complexity index is 1000. The lowest BCUT2D eigenvalue weighted by atomic mass is 9.78. The molecule has 1 aromatic rings. The molecule has 1 aromatic carbocycles. The zero-order valence-corrected chi connectivity index (χ0v) is 20.3. The minimum Gasteiger partial charge on any atom is -0.352 e. The molecule has 2 aliphatic carbocycles. The molecule has 176 valence electrons. The highest BCUT2D eigenvalue weighted by Gasteiger charge is 2.40. The van der Waals surface area contributed by atoms with Crippen LogP contribution in [0.25, 0.3) is 0 Å². The van der Waals surface area contributed by atoms with Gasteiger partial charge in [-0.15, -0.1) is 0 Å². The smallest absolute Gasteiger partial charge is 0.243 e. The predicted molar refractivity (Wildman–Crippen MR) is 124 cm³/mol. The Hall–Kier alpha value is -1.93. The molecular formula is C24H35N3O4S. The Morgan fingerprint density at radius 3 is 2.53 bits per heavy atom. The van der Waals surface area contributed by atoms with Gasteiger partial charge in [0.25, 0.3) is 0 Å². The maximum atomic E-state index is 13.2. The van der Waals surface area contributed by atoms with Crippen LogP contribution in [0, 0.1) is 17.8 Å². The third-order valence-corrected chi connectivity index (χ3v) is 9.36. The normalized spacial score (nSPS) is 28.0. The van der Waals surface area contributed by atoms with Crippen molar-refractivity contribution in [3.63, 3.8) is 0 Å². The van der Waals surface area contributed by atoms with Crippen molar-refractivity contribution in [2.45, 2.75) is 76.3 Å². The molecule has 0 unspecified atom stereocenters. The van der Waals surface area contributed by atoms with Crippen molar-refractivity contribution in [2.75, 3.05) is 18.5 Å². The molecule has 1 N–H and O–H groups in total. The van der Waals surface area contributed by atoms with Crippen molar-refractivity contribution < 1.29 is 18.0 Å². The second kappa shape index (κ2) is 8.78. The fraction of sp³-hybridized carbons (Fsp3) is 0.667. The number of benzene rings is 1. The molecule has 0 saturated heterocycles. The summed E-state index contributed by atoms with van der Waals surface area (Å²) < 4.78 is 27.4. The number of fused-ring (bicyclic) bond motifs is 1. The highest BCUT2D eigenvalue weighted by Crippen LogP contribution is 2.39. The third kappa shape index (κ3) is 4.44. The van der Waals surface area contributed by atoms with E-state index in [4.69, 9.17) is 0 Å². The number of rotatable bonds is 6. The fourth-order valence-corrected chi connectivity index (χ4v) is 6.31. The van der Waals surface area contributed by atoms with Gasteiger partial charge in [-0.1, -0.05) is 26.7 Å². The average Bonchev–Trinajstić information content (AvgIpc) is 3.52. The fourth-order valence-electron chi connectivity index (χ4n) is 5.14. The van der Waals surface area contributed by atoms with Crippen LogP contribution in [0.1, 0.15) is 58.4 Å². The van der Waals surface area contributed by atoms with E-state index in [1.807, 2.05) is 11.8 Å². The Morgan fingerprint density at radius 2 is 1.84 bits per heavy atom. The molecule has 0 bridgehead atoms. The van der Waals surface area contributed by atoms with Gasteiger partial charge in [0.05, 0.1) is 11.4 Å². The number of nitrogens with one attached hydrogen (secondary N) is 1. The maximum absolute atomic E-state index is 13.2. The van der Waals surface area contributed by atoms with E-state index < -0.39 is 10.0 Å². The predicted octanol–water partition coefficient (Wildman–Crippen LogP) is 2.94. The van der Waals surface area contributed by atoms with E-state index in [9.17, 15) is 18.0 Å². The summed E-state index contributed by atoms with van der Waals surface area (Å²) in [5, 5.41) is 3.05. The van der Waals surface area contributed by atoms with Crippen LogP contribution in [0.5, 0.6) is 0 Å². The van der Waals surface area contributed by atoms with Crippen LogP contribution in [0.15, 0.2) is 23.1 Å². The topological polar surface area (TPSA) is 86.8 Å². The number of hydrogen-bond acceptors (Lipinski definition) is 4. The van der Waals surface area contributed by atoms with Gasteiger partial charge in [0.1, 0.15) is 0 Å². The van der Waals surface area contributed by atoms with Crippen LogP contribution in [0.2, 0.25) is 0 Å². The second-order valence-electron chi connectivity index (χ2n) is 10.0. The molecule has 4 rings (SSSR count). The SMILES string of the molecule is C[C@H]1[C@H](C)CCC[C@@H]1NC(=O)CN(C)S(=O)(=O)c1ccc2c(c1)C[C@@H](C)N2C(=O)C1CC1. The highest BCUT2D eigenvalue weighted by molar-refractivity contribution is 7.89. The van der Waals surface area contributed by atoms with E-state index in [2.05, 4.69) is 19.2 Å². The van der Waals surface area contributed by atoms with Gasteiger partial charge in [-0.05, 0) is 68.2 Å². The quantitative estimate of drug-likeness (QED) is 0.706. The monoisotopic (exact) mass is 461 g/mol. The summed E-state index contributed by atoms with van der Waals surface area (Å²) in [6.45, 7) is 6.14. The van der Waals surface area contributed by atoms with Crippen LogP contribution >= 0.6 is 0 Å². The van der Waals surface area contributed by atoms with Gasteiger partial charge in [0.2, 0.25) is 21.8 Å². The van der Waals surface area contributed by atoms with Crippen LogP contribution in [0.3, 0.4) is 0 Å². The Labute approximate surface area is 191 Å². The summed E-state index contributed by atoms with van der Waals surface area (Å²) >= 11 is 0. The van der Waals surface area contributed by atoms with E-state index in [-0.39, 0.29) is 41.3 Å². The standard InChI is InChI=1S/C24H35N3O4S/c1-15-6-5-7-21(17(15)3)25-23(28)14-26(4)32(30,31)20-10-11-22-19(13-20)12-16(2)27(22)24(29)18-8-9-18/h10-11,13,15-18,21H,5-9,12,14H2,1-4H3,(H,25,28)/t15-,16-,17+,21+/m1/s1. The van der Waals surface area contributed by atoms with E-state index in [1.165, 1.54) is 13.5 Å². The van der Waals surface area contributed by atoms with Crippen molar-refractivity contribution in [1.82, 2.24) is 9.62 Å². The number of nitrogens with zero attached hydrogens (tertiary/aromatic N) is 2. The molecular weight excluding hydrogens is 426 g/mol. The summed E-state index contributed by atoms with van der Waals surface area (Å²) in [7, 11) is -2.37. The maximum Gasteiger partial charge on any atom is 0.243 e. The van der Waals surface area contributed by atoms with Crippen LogP contribution < -0.4 is 10.2 Å². The molecule has 3 aliphatic rings. The van der Waals surface area contributed by atoms with Gasteiger partial charge < -0.3 is 10.2 Å². The second-order valence-corrected chi connectivity index (χ2v) is 12.1. The van der Waals surface area contributed by atoms with Crippen LogP contribution in [-0.4, -0.2) is 50.2 Å². The molecule has 2 amide bonds. The molecule has 1 heterocycles. The highest BCUT2D eigenvalue weighted by atomic mass is 32.2. The van der Waals surface area contributed by atoms with E-state index in [1.54, 1.807) is 18.2 Å². The molecule has 0 radical (unpaired) electrons. The largest absolute Gasteiger partial charge is 0.352 e. The first-order chi connectivity index (χ1) is 15.1. The minimum atomic E-state index is -3.81. The minimum absolute atomic E-state index is 0.0273. The van der Waals surface area contributed by atoms with Crippen molar-refractivity contribution in [3.05, 3.63) is 23.8 Å². The number of sulfonamides is 1. The molecule has 0 spiro atoms. The summed E-state index contributed by atoms with van der Waals surface area (Å²) in [5.74, 6) is 0.932. The number of carbonyl (C=O) groups is 2. The van der Waals surface area contributed by atoms with Gasteiger partial charge in [0.15, 0.2) is 0 Å². The van der Waals surface area contributed by atoms with Crippen molar-refractivity contribution in [1.29, 1.82) is 0 Å². The zero-order chi connectivity index (χ0) is 23.2. The first-order valence-electron chi connectivity index (χ1n) is 11.8. The van der Waals surface area contributed by atoms with E-state index >= 15 is 0 Å². The summed E-state index contributed by atoms with van der Waals surface area (Å²) in [5.41, 5.74) is 1.68. The lowest BCUT2D eigenvalue weighted by Gasteiger charge is -2.34. The third-order valence-electron chi connectivity index (χ3n) is 7.56. The Morgan fingerprint density at radius 1 is 1.12 bits per heavy atom. The molecule has 0 aromatic heterocycles. The van der Waals surface area contributed by atoms with Crippen molar-refractivity contribution >= 4 is 27.5 Å². The number of carbonyl (C=O) groups excluding carboxylic acids is 2. The summed E-state index contributed by atoms with van der Waals surface area (Å²) in [4.78, 5) is 27.3. The van der Waals surface area contributed by atoms with Crippen molar-refractivity contribution in [3.8, 4) is 0 Å². The lowest BCUT2D eigenvalue weighted by molar-refractivity contribution is -0.122. The van der Waals surface area contributed by atoms with Crippen LogP contribution in [-0.2, 0) is 26.0 Å². The number of hydrogen-bond donors (Lipinski definition) is 1. The molecule has 8 heteroatoms. The zero-order valence-electron chi connectivity index (χ0n) is 19.5. The molecule has 32 heavy (non-hydrogen) atoms.